The molecule has 0 fully saturated rings. The molecule has 1 aromatic carbocycles. The Kier molecular flexibility index (Phi) is 5.64. The van der Waals surface area contributed by atoms with Crippen molar-refractivity contribution >= 4 is 23.1 Å². The van der Waals surface area contributed by atoms with Crippen LogP contribution >= 0.6 is 0 Å². The van der Waals surface area contributed by atoms with E-state index >= 15 is 0 Å². The van der Waals surface area contributed by atoms with E-state index in [1.54, 1.807) is 32.9 Å². The van der Waals surface area contributed by atoms with Crippen LogP contribution in [0.4, 0.5) is 11.4 Å². The van der Waals surface area contributed by atoms with E-state index in [1.165, 1.54) is 6.07 Å². The van der Waals surface area contributed by atoms with Gasteiger partial charge in [0.25, 0.3) is 5.69 Å². The van der Waals surface area contributed by atoms with Gasteiger partial charge in [0.1, 0.15) is 5.69 Å². The van der Waals surface area contributed by atoms with Crippen LogP contribution in [0.15, 0.2) is 23.3 Å². The van der Waals surface area contributed by atoms with E-state index in [2.05, 4.69) is 10.5 Å². The molecule has 0 saturated carbocycles. The summed E-state index contributed by atoms with van der Waals surface area (Å²) in [6.45, 7) is 5.44. The summed E-state index contributed by atoms with van der Waals surface area (Å²) in [6.07, 6.45) is 0.0422. The minimum Gasteiger partial charge on any atom is -0.466 e. The average molecular weight is 279 g/mol. The number of aryl methyl sites for hydroxylation is 1. The van der Waals surface area contributed by atoms with Crippen molar-refractivity contribution in [1.29, 1.82) is 0 Å². The maximum absolute atomic E-state index is 11.2. The number of hydrazone groups is 1. The highest BCUT2D eigenvalue weighted by Crippen LogP contribution is 2.25. The van der Waals surface area contributed by atoms with Crippen molar-refractivity contribution in [3.8, 4) is 0 Å². The minimum absolute atomic E-state index is 0.0422. The third-order valence-corrected chi connectivity index (χ3v) is 2.42. The van der Waals surface area contributed by atoms with E-state index in [0.29, 0.717) is 12.3 Å². The molecule has 0 spiro atoms. The first-order chi connectivity index (χ1) is 9.43. The van der Waals surface area contributed by atoms with Crippen molar-refractivity contribution in [3.63, 3.8) is 0 Å². The molecule has 0 bridgehead atoms. The lowest BCUT2D eigenvalue weighted by Gasteiger charge is -2.05. The first-order valence-electron chi connectivity index (χ1n) is 6.14. The van der Waals surface area contributed by atoms with Crippen molar-refractivity contribution in [2.75, 3.05) is 12.0 Å². The number of ether oxygens (including phenoxy) is 1. The van der Waals surface area contributed by atoms with Gasteiger partial charge >= 0.3 is 5.97 Å². The van der Waals surface area contributed by atoms with E-state index in [-0.39, 0.29) is 23.8 Å². The van der Waals surface area contributed by atoms with Crippen LogP contribution in [0.25, 0.3) is 0 Å². The molecule has 0 unspecified atom stereocenters. The fourth-order valence-corrected chi connectivity index (χ4v) is 1.50. The fourth-order valence-electron chi connectivity index (χ4n) is 1.50. The lowest BCUT2D eigenvalue weighted by molar-refractivity contribution is -0.384. The number of hydrogen-bond acceptors (Lipinski definition) is 6. The summed E-state index contributed by atoms with van der Waals surface area (Å²) in [5.74, 6) is -0.381. The van der Waals surface area contributed by atoms with Gasteiger partial charge in [-0.25, -0.2) is 0 Å². The second kappa shape index (κ2) is 7.22. The van der Waals surface area contributed by atoms with Crippen molar-refractivity contribution in [2.24, 2.45) is 5.10 Å². The van der Waals surface area contributed by atoms with Gasteiger partial charge in [-0.3, -0.25) is 20.3 Å². The van der Waals surface area contributed by atoms with Crippen molar-refractivity contribution in [3.05, 3.63) is 33.9 Å². The Morgan fingerprint density at radius 1 is 1.50 bits per heavy atom. The molecule has 0 aliphatic carbocycles. The molecular weight excluding hydrogens is 262 g/mol. The molecule has 7 heteroatoms. The number of anilines is 1. The van der Waals surface area contributed by atoms with Gasteiger partial charge < -0.3 is 4.74 Å². The van der Waals surface area contributed by atoms with Crippen LogP contribution in [0.5, 0.6) is 0 Å². The van der Waals surface area contributed by atoms with Gasteiger partial charge in [-0.1, -0.05) is 6.07 Å². The normalized spacial score (nSPS) is 11.1. The number of rotatable bonds is 6. The number of nitrogens with zero attached hydrogens (tertiary/aromatic N) is 2. The molecule has 0 radical (unpaired) electrons. The Balaban J connectivity index is 2.78. The Hall–Kier alpha value is -2.44. The molecule has 20 heavy (non-hydrogen) atoms. The molecule has 0 amide bonds. The van der Waals surface area contributed by atoms with E-state index < -0.39 is 4.92 Å². The molecular formula is C13H17N3O4. The van der Waals surface area contributed by atoms with E-state index in [9.17, 15) is 14.9 Å². The van der Waals surface area contributed by atoms with Crippen molar-refractivity contribution in [1.82, 2.24) is 0 Å². The summed E-state index contributed by atoms with van der Waals surface area (Å²) in [7, 11) is 0. The summed E-state index contributed by atoms with van der Waals surface area (Å²) in [5.41, 5.74) is 4.10. The zero-order valence-electron chi connectivity index (χ0n) is 11.7. The summed E-state index contributed by atoms with van der Waals surface area (Å²) >= 11 is 0. The first kappa shape index (κ1) is 15.6. The third-order valence-electron chi connectivity index (χ3n) is 2.42. The molecule has 7 nitrogen and oxygen atoms in total. The third kappa shape index (κ3) is 4.68. The van der Waals surface area contributed by atoms with Crippen LogP contribution in [-0.4, -0.2) is 23.2 Å². The van der Waals surface area contributed by atoms with Gasteiger partial charge in [-0.15, -0.1) is 0 Å². The van der Waals surface area contributed by atoms with Crippen molar-refractivity contribution in [2.45, 2.75) is 27.2 Å². The summed E-state index contributed by atoms with van der Waals surface area (Å²) in [6, 6.07) is 4.78. The molecule has 0 aliphatic heterocycles. The molecule has 0 aliphatic rings. The topological polar surface area (TPSA) is 93.8 Å². The number of esters is 1. The number of benzene rings is 1. The Morgan fingerprint density at radius 2 is 2.20 bits per heavy atom. The molecule has 0 aromatic heterocycles. The predicted octanol–water partition coefficient (Wildman–Crippen LogP) is 2.64. The zero-order valence-corrected chi connectivity index (χ0v) is 11.7. The van der Waals surface area contributed by atoms with Crippen LogP contribution in [0.2, 0.25) is 0 Å². The van der Waals surface area contributed by atoms with E-state index in [4.69, 9.17) is 4.74 Å². The SMILES string of the molecule is CCOC(=O)CC(C)=NNc1ccc(C)cc1[N+](=O)[O-]. The van der Waals surface area contributed by atoms with Crippen LogP contribution in [0.1, 0.15) is 25.8 Å². The number of nitro benzene ring substituents is 1. The molecule has 0 atom stereocenters. The highest BCUT2D eigenvalue weighted by Gasteiger charge is 2.13. The number of nitro groups is 1. The summed E-state index contributed by atoms with van der Waals surface area (Å²) in [4.78, 5) is 21.7. The minimum atomic E-state index is -0.481. The first-order valence-corrected chi connectivity index (χ1v) is 6.14. The molecule has 1 N–H and O–H groups in total. The lowest BCUT2D eigenvalue weighted by Crippen LogP contribution is -2.10. The zero-order chi connectivity index (χ0) is 15.1. The average Bonchev–Trinajstić information content (AvgIpc) is 2.37. The molecule has 0 saturated heterocycles. The number of nitrogens with one attached hydrogen (secondary N) is 1. The number of carbonyl (C=O) groups excluding carboxylic acids is 1. The van der Waals surface area contributed by atoms with Gasteiger partial charge in [-0.2, -0.15) is 5.10 Å². The standard InChI is InChI=1S/C13H17N3O4/c1-4-20-13(17)8-10(3)14-15-11-6-5-9(2)7-12(11)16(18)19/h5-7,15H,4,8H2,1-3H3. The van der Waals surface area contributed by atoms with Gasteiger partial charge in [0.15, 0.2) is 0 Å². The predicted molar refractivity (Wildman–Crippen MR) is 75.8 cm³/mol. The Morgan fingerprint density at radius 3 is 2.80 bits per heavy atom. The Bertz CT molecular complexity index is 540. The van der Waals surface area contributed by atoms with Crippen LogP contribution in [-0.2, 0) is 9.53 Å². The van der Waals surface area contributed by atoms with Gasteiger partial charge in [0, 0.05) is 11.8 Å². The van der Waals surface area contributed by atoms with Gasteiger partial charge in [-0.05, 0) is 32.4 Å². The van der Waals surface area contributed by atoms with E-state index in [1.807, 2.05) is 0 Å². The quantitative estimate of drug-likeness (QED) is 0.374. The van der Waals surface area contributed by atoms with Gasteiger partial charge in [0.2, 0.25) is 0 Å². The molecule has 1 aromatic rings. The van der Waals surface area contributed by atoms with E-state index in [0.717, 1.165) is 5.56 Å². The fraction of sp³-hybridized carbons (Fsp3) is 0.385. The largest absolute Gasteiger partial charge is 0.466 e. The van der Waals surface area contributed by atoms with Gasteiger partial charge in [0.05, 0.1) is 18.0 Å². The maximum atomic E-state index is 11.2. The number of carbonyl (C=O) groups is 1. The Labute approximate surface area is 116 Å². The van der Waals surface area contributed by atoms with Crippen LogP contribution in [0.3, 0.4) is 0 Å². The lowest BCUT2D eigenvalue weighted by atomic mass is 10.2. The second-order valence-electron chi connectivity index (χ2n) is 4.22. The summed E-state index contributed by atoms with van der Waals surface area (Å²) in [5, 5.41) is 14.9. The van der Waals surface area contributed by atoms with Crippen LogP contribution < -0.4 is 5.43 Å². The molecule has 1 rings (SSSR count). The number of hydrogen-bond donors (Lipinski definition) is 1. The highest BCUT2D eigenvalue weighted by atomic mass is 16.6. The highest BCUT2D eigenvalue weighted by molar-refractivity contribution is 5.97. The smallest absolute Gasteiger partial charge is 0.311 e. The summed E-state index contributed by atoms with van der Waals surface area (Å²) < 4.78 is 4.79. The molecule has 0 heterocycles. The van der Waals surface area contributed by atoms with Crippen LogP contribution in [0, 0.1) is 17.0 Å². The van der Waals surface area contributed by atoms with Crippen molar-refractivity contribution < 1.29 is 14.5 Å². The molecule has 108 valence electrons. The monoisotopic (exact) mass is 279 g/mol. The second-order valence-corrected chi connectivity index (χ2v) is 4.22. The maximum Gasteiger partial charge on any atom is 0.311 e.